The van der Waals surface area contributed by atoms with Gasteiger partial charge in [-0.1, -0.05) is 12.1 Å². The molecular formula is C29H23F3N6O3S. The summed E-state index contributed by atoms with van der Waals surface area (Å²) in [6.07, 6.45) is 1.60. The highest BCUT2D eigenvalue weighted by atomic mass is 32.1. The number of carbonyl (C=O) groups excluding carboxylic acids is 2. The van der Waals surface area contributed by atoms with E-state index in [0.717, 1.165) is 22.3 Å². The number of fused-ring (bicyclic) bond motifs is 1. The summed E-state index contributed by atoms with van der Waals surface area (Å²) in [4.78, 5) is 49.8. The predicted octanol–water partition coefficient (Wildman–Crippen LogP) is 5.99. The summed E-state index contributed by atoms with van der Waals surface area (Å²) in [5.41, 5.74) is 1.16. The zero-order valence-electron chi connectivity index (χ0n) is 22.3. The second kappa shape index (κ2) is 11.5. The Balaban J connectivity index is 1.70. The normalized spacial score (nSPS) is 11.5. The number of halogens is 3. The number of ketones is 1. The van der Waals surface area contributed by atoms with Crippen LogP contribution in [0, 0.1) is 0 Å². The fraction of sp³-hybridized carbons (Fsp3) is 0.172. The van der Waals surface area contributed by atoms with Gasteiger partial charge in [0.15, 0.2) is 16.9 Å². The first kappa shape index (κ1) is 28.6. The number of hydrogen-bond donors (Lipinski definition) is 2. The zero-order chi connectivity index (χ0) is 30.0. The monoisotopic (exact) mass is 592 g/mol. The second-order valence-electron chi connectivity index (χ2n) is 9.28. The van der Waals surface area contributed by atoms with Crippen molar-refractivity contribution in [2.24, 2.45) is 0 Å². The smallest absolute Gasteiger partial charge is 0.342 e. The van der Waals surface area contributed by atoms with E-state index in [1.54, 1.807) is 48.1 Å². The van der Waals surface area contributed by atoms with Crippen molar-refractivity contribution in [3.05, 3.63) is 93.6 Å². The summed E-state index contributed by atoms with van der Waals surface area (Å²) in [6.45, 7) is 3.73. The van der Waals surface area contributed by atoms with Gasteiger partial charge in [-0.3, -0.25) is 19.9 Å². The summed E-state index contributed by atoms with van der Waals surface area (Å²) in [6, 6.07) is 9.49. The number of amides is 2. The van der Waals surface area contributed by atoms with Crippen LogP contribution in [-0.4, -0.2) is 37.9 Å². The number of nitrogens with zero attached hydrogens (tertiary/aromatic N) is 4. The Labute approximate surface area is 241 Å². The van der Waals surface area contributed by atoms with Crippen LogP contribution in [-0.2, 0) is 12.7 Å². The lowest BCUT2D eigenvalue weighted by atomic mass is 9.99. The number of carbonyl (C=O) groups is 2. The minimum atomic E-state index is -4.64. The number of nitrogens with one attached hydrogen (secondary N) is 2. The molecule has 1 aromatic carbocycles. The number of rotatable bonds is 7. The lowest BCUT2D eigenvalue weighted by molar-refractivity contribution is -0.140. The van der Waals surface area contributed by atoms with Crippen LogP contribution in [0.15, 0.2) is 71.4 Å². The van der Waals surface area contributed by atoms with Crippen molar-refractivity contribution in [1.29, 1.82) is 0 Å². The van der Waals surface area contributed by atoms with E-state index in [-0.39, 0.29) is 22.2 Å². The van der Waals surface area contributed by atoms with E-state index in [2.05, 4.69) is 25.6 Å². The number of Topliss-reactive ketones (excluding diaryl/α,β-unsaturated/α-hetero) is 1. The van der Waals surface area contributed by atoms with Gasteiger partial charge < -0.3 is 9.88 Å². The average molecular weight is 593 g/mol. The highest BCUT2D eigenvalue weighted by Gasteiger charge is 2.34. The number of hydrogen-bond acceptors (Lipinski definition) is 7. The van der Waals surface area contributed by atoms with Crippen LogP contribution < -0.4 is 16.1 Å². The van der Waals surface area contributed by atoms with E-state index in [9.17, 15) is 27.6 Å². The van der Waals surface area contributed by atoms with E-state index in [4.69, 9.17) is 0 Å². The maximum atomic E-state index is 13.4. The highest BCUT2D eigenvalue weighted by Crippen LogP contribution is 2.39. The summed E-state index contributed by atoms with van der Waals surface area (Å²) < 4.78 is 42.0. The largest absolute Gasteiger partial charge is 0.434 e. The van der Waals surface area contributed by atoms with E-state index >= 15 is 0 Å². The summed E-state index contributed by atoms with van der Waals surface area (Å²) in [5, 5.41) is 6.43. The number of pyridine rings is 3. The maximum Gasteiger partial charge on any atom is 0.434 e. The molecule has 0 saturated carbocycles. The average Bonchev–Trinajstić information content (AvgIpc) is 3.46. The van der Waals surface area contributed by atoms with Crippen LogP contribution in [0.4, 0.5) is 23.8 Å². The van der Waals surface area contributed by atoms with Crippen molar-refractivity contribution >= 4 is 39.9 Å². The molecule has 0 unspecified atom stereocenters. The number of urea groups is 1. The fourth-order valence-electron chi connectivity index (χ4n) is 4.41. The van der Waals surface area contributed by atoms with Crippen LogP contribution in [0.2, 0.25) is 0 Å². The molecule has 5 aromatic rings. The lowest BCUT2D eigenvalue weighted by Crippen LogP contribution is -2.28. The molecule has 0 radical (unpaired) electrons. The predicted molar refractivity (Wildman–Crippen MR) is 154 cm³/mol. The number of anilines is 1. The second-order valence-corrected chi connectivity index (χ2v) is 10.1. The van der Waals surface area contributed by atoms with Crippen LogP contribution >= 0.6 is 11.3 Å². The molecule has 0 aliphatic heterocycles. The maximum absolute atomic E-state index is 13.4. The molecule has 4 heterocycles. The van der Waals surface area contributed by atoms with Gasteiger partial charge >= 0.3 is 12.2 Å². The molecule has 0 aliphatic rings. The Morgan fingerprint density at radius 1 is 1.10 bits per heavy atom. The number of aromatic nitrogens is 4. The third-order valence-electron chi connectivity index (χ3n) is 6.36. The Morgan fingerprint density at radius 3 is 2.57 bits per heavy atom. The van der Waals surface area contributed by atoms with Crippen molar-refractivity contribution in [3.8, 4) is 21.7 Å². The first-order valence-corrected chi connectivity index (χ1v) is 13.6. The Morgan fingerprint density at radius 2 is 1.90 bits per heavy atom. The van der Waals surface area contributed by atoms with Gasteiger partial charge in [-0.2, -0.15) is 13.2 Å². The van der Waals surface area contributed by atoms with Crippen LogP contribution in [0.1, 0.15) is 35.5 Å². The first-order valence-electron chi connectivity index (χ1n) is 12.7. The lowest BCUT2D eigenvalue weighted by Gasteiger charge is -2.15. The molecule has 42 heavy (non-hydrogen) atoms. The van der Waals surface area contributed by atoms with Gasteiger partial charge in [-0.25, -0.2) is 14.8 Å². The molecule has 9 nitrogen and oxygen atoms in total. The molecule has 0 bridgehead atoms. The van der Waals surface area contributed by atoms with Gasteiger partial charge in [0, 0.05) is 59.8 Å². The molecule has 0 aliphatic carbocycles. The van der Waals surface area contributed by atoms with Gasteiger partial charge in [-0.05, 0) is 49.2 Å². The van der Waals surface area contributed by atoms with Crippen molar-refractivity contribution in [1.82, 2.24) is 24.8 Å². The van der Waals surface area contributed by atoms with Crippen LogP contribution in [0.5, 0.6) is 0 Å². The van der Waals surface area contributed by atoms with E-state index < -0.39 is 23.3 Å². The third-order valence-corrected chi connectivity index (χ3v) is 7.23. The van der Waals surface area contributed by atoms with Crippen molar-refractivity contribution < 1.29 is 22.8 Å². The molecule has 0 atom stereocenters. The van der Waals surface area contributed by atoms with Gasteiger partial charge in [0.2, 0.25) is 0 Å². The van der Waals surface area contributed by atoms with Crippen molar-refractivity contribution in [2.45, 2.75) is 26.6 Å². The number of thiazole rings is 1. The molecule has 214 valence electrons. The summed E-state index contributed by atoms with van der Waals surface area (Å²) in [5.74, 6) is -0.263. The van der Waals surface area contributed by atoms with Gasteiger partial charge in [0.05, 0.1) is 11.1 Å². The quantitative estimate of drug-likeness (QED) is 0.224. The van der Waals surface area contributed by atoms with E-state index in [1.807, 2.05) is 6.07 Å². The number of alkyl halides is 3. The SMILES string of the molecule is CCNC(=O)Nc1cc(-c2nc(C(F)(F)F)cs2)c(-c2ccc3c(=O)c(C(C)=O)cn(Cc4cccnc4)c3c2)cn1. The topological polar surface area (TPSA) is 119 Å². The molecule has 0 spiro atoms. The zero-order valence-corrected chi connectivity index (χ0v) is 23.1. The van der Waals surface area contributed by atoms with E-state index in [0.29, 0.717) is 40.7 Å². The molecular weight excluding hydrogens is 569 g/mol. The Bertz CT molecular complexity index is 1870. The molecule has 0 saturated heterocycles. The third kappa shape index (κ3) is 5.91. The minimum absolute atomic E-state index is 0.0322. The fourth-order valence-corrected chi connectivity index (χ4v) is 5.26. The van der Waals surface area contributed by atoms with Gasteiger partial charge in [-0.15, -0.1) is 11.3 Å². The number of benzene rings is 1. The van der Waals surface area contributed by atoms with Crippen molar-refractivity contribution in [3.63, 3.8) is 0 Å². The molecule has 5 rings (SSSR count). The first-order chi connectivity index (χ1) is 20.0. The summed E-state index contributed by atoms with van der Waals surface area (Å²) in [7, 11) is 0. The Hall–Kier alpha value is -4.91. The Kier molecular flexibility index (Phi) is 7.85. The standard InChI is InChI=1S/C29H23F3N6O3S/c1-3-34-28(41)37-25-10-20(27-36-24(15-42-27)29(30,31)32)21(12-35-25)18-6-7-19-23(9-18)38(13-17-5-4-8-33-11-17)14-22(16(2)39)26(19)40/h4-12,14-15H,3,13H2,1-2H3,(H2,34,35,37,41). The minimum Gasteiger partial charge on any atom is -0.342 e. The molecule has 4 aromatic heterocycles. The molecule has 2 N–H and O–H groups in total. The highest BCUT2D eigenvalue weighted by molar-refractivity contribution is 7.13. The van der Waals surface area contributed by atoms with Crippen molar-refractivity contribution in [2.75, 3.05) is 11.9 Å². The van der Waals surface area contributed by atoms with Crippen LogP contribution in [0.25, 0.3) is 32.6 Å². The van der Waals surface area contributed by atoms with E-state index in [1.165, 1.54) is 25.4 Å². The van der Waals surface area contributed by atoms with Gasteiger partial charge in [0.25, 0.3) is 0 Å². The molecule has 2 amide bonds. The van der Waals surface area contributed by atoms with Crippen LogP contribution in [0.3, 0.4) is 0 Å². The van der Waals surface area contributed by atoms with Gasteiger partial charge in [0.1, 0.15) is 10.8 Å². The molecule has 13 heteroatoms. The summed E-state index contributed by atoms with van der Waals surface area (Å²) >= 11 is 0.806. The molecule has 0 fully saturated rings.